The number of nitrogens with zero attached hydrogens (tertiary/aromatic N) is 1. The molecule has 1 saturated heterocycles. The van der Waals surface area contributed by atoms with Crippen LogP contribution < -0.4 is 10.5 Å². The van der Waals surface area contributed by atoms with E-state index in [1.807, 2.05) is 0 Å². The van der Waals surface area contributed by atoms with Crippen LogP contribution in [0.25, 0.3) is 22.1 Å². The van der Waals surface area contributed by atoms with Crippen molar-refractivity contribution in [2.75, 3.05) is 0 Å². The summed E-state index contributed by atoms with van der Waals surface area (Å²) < 4.78 is 39.2. The van der Waals surface area contributed by atoms with E-state index in [4.69, 9.17) is 14.9 Å². The van der Waals surface area contributed by atoms with Crippen LogP contribution in [0.15, 0.2) is 71.3 Å². The maximum Gasteiger partial charge on any atom is 0.326 e. The Kier molecular flexibility index (Phi) is 6.54. The van der Waals surface area contributed by atoms with Gasteiger partial charge in [0, 0.05) is 11.1 Å². The van der Waals surface area contributed by atoms with Crippen molar-refractivity contribution in [1.29, 1.82) is 0 Å². The molecule has 1 aliphatic rings. The Balaban J connectivity index is 1.31. The lowest BCUT2D eigenvalue weighted by molar-refractivity contribution is -0.142. The SMILES string of the molecule is NC(=O)[C@H]1CC[C@@H](C(=O)O)N1C(=O)c1cccc(COc2ccc(-c3cc(F)c(F)c4ccoc34)cc2)c1. The highest BCUT2D eigenvalue weighted by Crippen LogP contribution is 2.34. The van der Waals surface area contributed by atoms with Gasteiger partial charge in [-0.2, -0.15) is 0 Å². The van der Waals surface area contributed by atoms with Gasteiger partial charge in [-0.05, 0) is 60.4 Å². The first-order valence-electron chi connectivity index (χ1n) is 11.8. The number of carboxylic acid groups (broad SMARTS) is 1. The number of carbonyl (C=O) groups is 3. The third-order valence-corrected chi connectivity index (χ3v) is 6.60. The fourth-order valence-electron chi connectivity index (χ4n) is 4.75. The van der Waals surface area contributed by atoms with Gasteiger partial charge in [-0.25, -0.2) is 13.6 Å². The predicted molar refractivity (Wildman–Crippen MR) is 132 cm³/mol. The van der Waals surface area contributed by atoms with Crippen LogP contribution in [-0.2, 0) is 16.2 Å². The monoisotopic (exact) mass is 520 g/mol. The molecular formula is C28H22F2N2O6. The van der Waals surface area contributed by atoms with Crippen molar-refractivity contribution in [1.82, 2.24) is 4.90 Å². The van der Waals surface area contributed by atoms with Crippen molar-refractivity contribution in [2.24, 2.45) is 5.73 Å². The van der Waals surface area contributed by atoms with Crippen LogP contribution >= 0.6 is 0 Å². The number of hydrogen-bond acceptors (Lipinski definition) is 5. The van der Waals surface area contributed by atoms with Gasteiger partial charge in [0.15, 0.2) is 11.6 Å². The van der Waals surface area contributed by atoms with Crippen LogP contribution in [0.4, 0.5) is 8.78 Å². The Morgan fingerprint density at radius 2 is 1.76 bits per heavy atom. The van der Waals surface area contributed by atoms with Crippen molar-refractivity contribution >= 4 is 28.8 Å². The molecule has 0 radical (unpaired) electrons. The number of carboxylic acids is 1. The minimum atomic E-state index is -1.19. The van der Waals surface area contributed by atoms with Gasteiger partial charge in [-0.15, -0.1) is 0 Å². The van der Waals surface area contributed by atoms with Gasteiger partial charge in [0.1, 0.15) is 30.0 Å². The van der Waals surface area contributed by atoms with Crippen LogP contribution in [0.5, 0.6) is 5.75 Å². The molecule has 0 bridgehead atoms. The standard InChI is InChI=1S/C28H22F2N2O6/c29-21-13-20(25-19(24(21)30)10-11-37-25)16-4-6-18(7-5-16)38-14-15-2-1-3-17(12-15)27(34)32-22(26(31)33)8-9-23(32)28(35)36/h1-7,10-13,22-23H,8-9,14H2,(H2,31,33)(H,35,36)/t22-,23+/m1/s1. The van der Waals surface area contributed by atoms with Crippen molar-refractivity contribution < 1.29 is 37.4 Å². The number of hydrogen-bond donors (Lipinski definition) is 2. The Bertz CT molecular complexity index is 1530. The van der Waals surface area contributed by atoms with E-state index in [9.17, 15) is 28.3 Å². The van der Waals surface area contributed by atoms with E-state index in [0.29, 0.717) is 22.4 Å². The Labute approximate surface area is 215 Å². The summed E-state index contributed by atoms with van der Waals surface area (Å²) in [6, 6.07) is 13.5. The van der Waals surface area contributed by atoms with E-state index in [1.165, 1.54) is 18.4 Å². The molecule has 2 amide bonds. The molecule has 0 spiro atoms. The molecule has 194 valence electrons. The number of rotatable bonds is 7. The lowest BCUT2D eigenvalue weighted by Crippen LogP contribution is -2.49. The van der Waals surface area contributed by atoms with Gasteiger partial charge in [0.05, 0.1) is 11.6 Å². The fraction of sp³-hybridized carbons (Fsp3) is 0.179. The minimum Gasteiger partial charge on any atom is -0.489 e. The molecule has 0 unspecified atom stereocenters. The van der Waals surface area contributed by atoms with Gasteiger partial charge < -0.3 is 24.9 Å². The number of amides is 2. The molecule has 0 saturated carbocycles. The number of furan rings is 1. The average Bonchev–Trinajstić information content (AvgIpc) is 3.58. The van der Waals surface area contributed by atoms with Gasteiger partial charge in [0.25, 0.3) is 5.91 Å². The van der Waals surface area contributed by atoms with Crippen molar-refractivity contribution in [3.05, 3.63) is 89.7 Å². The quantitative estimate of drug-likeness (QED) is 0.370. The summed E-state index contributed by atoms with van der Waals surface area (Å²) in [7, 11) is 0. The molecule has 8 nitrogen and oxygen atoms in total. The zero-order valence-electron chi connectivity index (χ0n) is 19.9. The summed E-state index contributed by atoms with van der Waals surface area (Å²) in [6.07, 6.45) is 1.63. The number of carbonyl (C=O) groups excluding carboxylic acids is 2. The number of likely N-dealkylation sites (tertiary alicyclic amines) is 1. The molecular weight excluding hydrogens is 498 g/mol. The van der Waals surface area contributed by atoms with Crippen molar-refractivity contribution in [3.63, 3.8) is 0 Å². The molecule has 2 heterocycles. The van der Waals surface area contributed by atoms with E-state index in [1.54, 1.807) is 42.5 Å². The number of ether oxygens (including phenoxy) is 1. The maximum atomic E-state index is 14.0. The third kappa shape index (κ3) is 4.56. The van der Waals surface area contributed by atoms with Gasteiger partial charge in [-0.3, -0.25) is 9.59 Å². The van der Waals surface area contributed by atoms with E-state index >= 15 is 0 Å². The highest BCUT2D eigenvalue weighted by atomic mass is 19.2. The van der Waals surface area contributed by atoms with E-state index in [-0.39, 0.29) is 36.0 Å². The highest BCUT2D eigenvalue weighted by molar-refractivity contribution is 6.00. The van der Waals surface area contributed by atoms with Crippen LogP contribution in [0.2, 0.25) is 0 Å². The fourth-order valence-corrected chi connectivity index (χ4v) is 4.75. The maximum absolute atomic E-state index is 14.0. The van der Waals surface area contributed by atoms with Crippen LogP contribution in [0.3, 0.4) is 0 Å². The topological polar surface area (TPSA) is 123 Å². The normalized spacial score (nSPS) is 17.1. The van der Waals surface area contributed by atoms with Crippen LogP contribution in [0.1, 0.15) is 28.8 Å². The lowest BCUT2D eigenvalue weighted by Gasteiger charge is -2.26. The Morgan fingerprint density at radius 1 is 1.03 bits per heavy atom. The summed E-state index contributed by atoms with van der Waals surface area (Å²) in [5, 5.41) is 9.55. The number of halogens is 2. The molecule has 4 aromatic rings. The molecule has 2 atom stereocenters. The molecule has 0 aliphatic carbocycles. The molecule has 1 fully saturated rings. The second kappa shape index (κ2) is 9.97. The second-order valence-corrected chi connectivity index (χ2v) is 8.96. The molecule has 3 N–H and O–H groups in total. The summed E-state index contributed by atoms with van der Waals surface area (Å²) in [4.78, 5) is 37.6. The zero-order valence-corrected chi connectivity index (χ0v) is 19.9. The summed E-state index contributed by atoms with van der Waals surface area (Å²) >= 11 is 0. The highest BCUT2D eigenvalue weighted by Gasteiger charge is 2.43. The predicted octanol–water partition coefficient (Wildman–Crippen LogP) is 4.50. The second-order valence-electron chi connectivity index (χ2n) is 8.96. The number of fused-ring (bicyclic) bond motifs is 1. The molecule has 5 rings (SSSR count). The Hall–Kier alpha value is -4.73. The minimum absolute atomic E-state index is 0.0560. The molecule has 1 aromatic heterocycles. The number of benzene rings is 3. The van der Waals surface area contributed by atoms with Gasteiger partial charge in [-0.1, -0.05) is 24.3 Å². The first-order chi connectivity index (χ1) is 18.2. The average molecular weight is 520 g/mol. The zero-order chi connectivity index (χ0) is 27.0. The first kappa shape index (κ1) is 24.9. The summed E-state index contributed by atoms with van der Waals surface area (Å²) in [5.74, 6) is -3.99. The third-order valence-electron chi connectivity index (χ3n) is 6.60. The van der Waals surface area contributed by atoms with Crippen molar-refractivity contribution in [2.45, 2.75) is 31.5 Å². The summed E-state index contributed by atoms with van der Waals surface area (Å²) in [6.45, 7) is 0.0929. The molecule has 3 aromatic carbocycles. The number of nitrogens with two attached hydrogens (primary N) is 1. The van der Waals surface area contributed by atoms with Gasteiger partial charge in [0.2, 0.25) is 5.91 Å². The van der Waals surface area contributed by atoms with E-state index in [0.717, 1.165) is 11.0 Å². The molecule has 38 heavy (non-hydrogen) atoms. The Morgan fingerprint density at radius 3 is 2.47 bits per heavy atom. The lowest BCUT2D eigenvalue weighted by atomic mass is 10.0. The molecule has 1 aliphatic heterocycles. The van der Waals surface area contributed by atoms with Crippen LogP contribution in [-0.4, -0.2) is 39.9 Å². The number of primary amides is 1. The van der Waals surface area contributed by atoms with Crippen molar-refractivity contribution in [3.8, 4) is 16.9 Å². The number of aliphatic carboxylic acids is 1. The van der Waals surface area contributed by atoms with Crippen LogP contribution in [0, 0.1) is 11.6 Å². The van der Waals surface area contributed by atoms with E-state index in [2.05, 4.69) is 0 Å². The smallest absolute Gasteiger partial charge is 0.326 e. The van der Waals surface area contributed by atoms with E-state index < -0.39 is 41.5 Å². The molecule has 10 heteroatoms. The van der Waals surface area contributed by atoms with Gasteiger partial charge >= 0.3 is 5.97 Å². The first-order valence-corrected chi connectivity index (χ1v) is 11.8. The largest absolute Gasteiger partial charge is 0.489 e. The summed E-state index contributed by atoms with van der Waals surface area (Å²) in [5.41, 5.74) is 7.49.